The number of guanidine groups is 1. The van der Waals surface area contributed by atoms with Crippen LogP contribution in [0.3, 0.4) is 0 Å². The van der Waals surface area contributed by atoms with Crippen molar-refractivity contribution in [3.05, 3.63) is 29.8 Å². The van der Waals surface area contributed by atoms with E-state index < -0.39 is 0 Å². The molecule has 1 atom stereocenters. The molecule has 0 saturated carbocycles. The fraction of sp³-hybridized carbons (Fsp3) is 0.667. The van der Waals surface area contributed by atoms with Gasteiger partial charge < -0.3 is 25.2 Å². The molecule has 2 rings (SSSR count). The Hall–Kier alpha value is -1.79. The molecular weight excluding hydrogens is 342 g/mol. The van der Waals surface area contributed by atoms with Crippen molar-refractivity contribution >= 4 is 5.96 Å². The van der Waals surface area contributed by atoms with E-state index >= 15 is 0 Å². The van der Waals surface area contributed by atoms with Gasteiger partial charge in [0, 0.05) is 31.7 Å². The Morgan fingerprint density at radius 3 is 2.67 bits per heavy atom. The highest BCUT2D eigenvalue weighted by atomic mass is 16.5. The minimum atomic E-state index is 0.000340. The highest BCUT2D eigenvalue weighted by Crippen LogP contribution is 2.31. The third kappa shape index (κ3) is 7.39. The van der Waals surface area contributed by atoms with Crippen LogP contribution in [0.15, 0.2) is 29.3 Å². The molecule has 1 aromatic rings. The van der Waals surface area contributed by atoms with Crippen molar-refractivity contribution in [2.24, 2.45) is 16.3 Å². The predicted molar refractivity (Wildman–Crippen MR) is 109 cm³/mol. The van der Waals surface area contributed by atoms with Gasteiger partial charge in [-0.05, 0) is 43.4 Å². The molecule has 3 N–H and O–H groups in total. The molecule has 152 valence electrons. The van der Waals surface area contributed by atoms with Gasteiger partial charge in [0.25, 0.3) is 0 Å². The molecule has 1 aliphatic heterocycles. The quantitative estimate of drug-likeness (QED) is 0.432. The molecule has 6 heteroatoms. The molecule has 0 spiro atoms. The smallest absolute Gasteiger partial charge is 0.191 e. The van der Waals surface area contributed by atoms with E-state index in [0.29, 0.717) is 19.1 Å². The van der Waals surface area contributed by atoms with Crippen molar-refractivity contribution in [1.82, 2.24) is 10.6 Å². The van der Waals surface area contributed by atoms with Gasteiger partial charge in [0.05, 0.1) is 19.8 Å². The van der Waals surface area contributed by atoms with Gasteiger partial charge in [0.15, 0.2) is 5.96 Å². The lowest BCUT2D eigenvalue weighted by Gasteiger charge is -2.27. The summed E-state index contributed by atoms with van der Waals surface area (Å²) < 4.78 is 11.3. The summed E-state index contributed by atoms with van der Waals surface area (Å²) in [6, 6.07) is 8.11. The molecule has 1 unspecified atom stereocenters. The van der Waals surface area contributed by atoms with Crippen LogP contribution in [0.4, 0.5) is 0 Å². The van der Waals surface area contributed by atoms with Crippen LogP contribution in [0.1, 0.15) is 39.2 Å². The molecule has 1 fully saturated rings. The molecule has 6 nitrogen and oxygen atoms in total. The highest BCUT2D eigenvalue weighted by molar-refractivity contribution is 5.79. The van der Waals surface area contributed by atoms with Gasteiger partial charge in [-0.25, -0.2) is 4.99 Å². The van der Waals surface area contributed by atoms with E-state index in [1.807, 2.05) is 12.1 Å². The van der Waals surface area contributed by atoms with Crippen molar-refractivity contribution in [3.63, 3.8) is 0 Å². The summed E-state index contributed by atoms with van der Waals surface area (Å²) in [6.45, 7) is 10.9. The molecule has 0 amide bonds. The zero-order chi connectivity index (χ0) is 19.5. The lowest BCUT2D eigenvalue weighted by atomic mass is 9.84. The Labute approximate surface area is 163 Å². The molecule has 27 heavy (non-hydrogen) atoms. The van der Waals surface area contributed by atoms with E-state index in [0.717, 1.165) is 56.4 Å². The van der Waals surface area contributed by atoms with Gasteiger partial charge in [-0.2, -0.15) is 0 Å². The average molecular weight is 378 g/mol. The molecule has 0 bridgehead atoms. The molecule has 0 aliphatic carbocycles. The first-order valence-corrected chi connectivity index (χ1v) is 9.99. The first-order valence-electron chi connectivity index (χ1n) is 9.99. The Morgan fingerprint density at radius 1 is 1.30 bits per heavy atom. The van der Waals surface area contributed by atoms with Gasteiger partial charge in [0.1, 0.15) is 5.75 Å². The standard InChI is InChI=1S/C21H35N3O3/c1-4-22-20(24-15-21(9-11-25)10-12-26-16-21)23-13-18-5-7-19(8-6-18)27-14-17(2)3/h5-8,17,25H,4,9-16H2,1-3H3,(H2,22,23,24). The summed E-state index contributed by atoms with van der Waals surface area (Å²) in [6.07, 6.45) is 1.72. The summed E-state index contributed by atoms with van der Waals surface area (Å²) in [4.78, 5) is 4.69. The Morgan fingerprint density at radius 2 is 2.07 bits per heavy atom. The second-order valence-corrected chi connectivity index (χ2v) is 7.67. The topological polar surface area (TPSA) is 75.1 Å². The number of nitrogens with zero attached hydrogens (tertiary/aromatic N) is 1. The largest absolute Gasteiger partial charge is 0.493 e. The van der Waals surface area contributed by atoms with Crippen molar-refractivity contribution in [2.45, 2.75) is 40.2 Å². The minimum absolute atomic E-state index is 0.000340. The second kappa shape index (κ2) is 11.1. The normalized spacial score (nSPS) is 20.1. The summed E-state index contributed by atoms with van der Waals surface area (Å²) in [5, 5.41) is 16.1. The van der Waals surface area contributed by atoms with Crippen LogP contribution in [0.2, 0.25) is 0 Å². The number of aliphatic imine (C=N–C) groups is 1. The molecule has 0 aromatic heterocycles. The zero-order valence-electron chi connectivity index (χ0n) is 17.0. The molecular formula is C21H35N3O3. The number of nitrogens with one attached hydrogen (secondary N) is 2. The van der Waals surface area contributed by atoms with Gasteiger partial charge in [0.2, 0.25) is 0 Å². The Bertz CT molecular complexity index is 567. The SMILES string of the molecule is CCNC(=NCc1ccc(OCC(C)C)cc1)NCC1(CCO)CCOC1. The van der Waals surface area contributed by atoms with E-state index in [1.54, 1.807) is 0 Å². The van der Waals surface area contributed by atoms with Crippen LogP contribution in [0, 0.1) is 11.3 Å². The molecule has 0 radical (unpaired) electrons. The maximum atomic E-state index is 9.36. The fourth-order valence-corrected chi connectivity index (χ4v) is 3.05. The van der Waals surface area contributed by atoms with Gasteiger partial charge >= 0.3 is 0 Å². The maximum Gasteiger partial charge on any atom is 0.191 e. The van der Waals surface area contributed by atoms with Crippen molar-refractivity contribution in [2.75, 3.05) is 39.5 Å². The number of aliphatic hydroxyl groups excluding tert-OH is 1. The van der Waals surface area contributed by atoms with Crippen molar-refractivity contribution in [1.29, 1.82) is 0 Å². The van der Waals surface area contributed by atoms with Crippen LogP contribution in [-0.4, -0.2) is 50.6 Å². The number of hydrogen-bond donors (Lipinski definition) is 3. The number of ether oxygens (including phenoxy) is 2. The Kier molecular flexibility index (Phi) is 8.88. The number of rotatable bonds is 10. The minimum Gasteiger partial charge on any atom is -0.493 e. The first-order chi connectivity index (χ1) is 13.1. The Balaban J connectivity index is 1.90. The number of hydrogen-bond acceptors (Lipinski definition) is 4. The number of aliphatic hydroxyl groups is 1. The van der Waals surface area contributed by atoms with E-state index in [2.05, 4.69) is 43.5 Å². The lowest BCUT2D eigenvalue weighted by molar-refractivity contribution is 0.127. The van der Waals surface area contributed by atoms with Crippen LogP contribution >= 0.6 is 0 Å². The average Bonchev–Trinajstić information content (AvgIpc) is 3.12. The summed E-state index contributed by atoms with van der Waals surface area (Å²) in [7, 11) is 0. The van der Waals surface area contributed by atoms with Crippen molar-refractivity contribution < 1.29 is 14.6 Å². The second-order valence-electron chi connectivity index (χ2n) is 7.67. The predicted octanol–water partition coefficient (Wildman–Crippen LogP) is 2.57. The third-order valence-corrected chi connectivity index (χ3v) is 4.73. The first kappa shape index (κ1) is 21.5. The third-order valence-electron chi connectivity index (χ3n) is 4.73. The molecule has 1 heterocycles. The number of benzene rings is 1. The fourth-order valence-electron chi connectivity index (χ4n) is 3.05. The van der Waals surface area contributed by atoms with E-state index in [1.165, 1.54) is 0 Å². The monoisotopic (exact) mass is 377 g/mol. The molecule has 1 saturated heterocycles. The molecule has 1 aliphatic rings. The zero-order valence-corrected chi connectivity index (χ0v) is 17.0. The van der Waals surface area contributed by atoms with Crippen LogP contribution < -0.4 is 15.4 Å². The summed E-state index contributed by atoms with van der Waals surface area (Å²) in [5.74, 6) is 2.21. The highest BCUT2D eigenvalue weighted by Gasteiger charge is 2.34. The van der Waals surface area contributed by atoms with E-state index in [9.17, 15) is 5.11 Å². The van der Waals surface area contributed by atoms with Crippen LogP contribution in [0.25, 0.3) is 0 Å². The van der Waals surface area contributed by atoms with Gasteiger partial charge in [-0.15, -0.1) is 0 Å². The van der Waals surface area contributed by atoms with E-state index in [-0.39, 0.29) is 12.0 Å². The molecule has 1 aromatic carbocycles. The summed E-state index contributed by atoms with van der Waals surface area (Å²) in [5.41, 5.74) is 1.14. The van der Waals surface area contributed by atoms with Crippen LogP contribution in [0.5, 0.6) is 5.75 Å². The van der Waals surface area contributed by atoms with Gasteiger partial charge in [-0.3, -0.25) is 0 Å². The lowest BCUT2D eigenvalue weighted by Crippen LogP contribution is -2.44. The van der Waals surface area contributed by atoms with E-state index in [4.69, 9.17) is 14.5 Å². The summed E-state index contributed by atoms with van der Waals surface area (Å²) >= 11 is 0. The maximum absolute atomic E-state index is 9.36. The van der Waals surface area contributed by atoms with Crippen molar-refractivity contribution in [3.8, 4) is 5.75 Å². The van der Waals surface area contributed by atoms with Gasteiger partial charge in [-0.1, -0.05) is 26.0 Å². The van der Waals surface area contributed by atoms with Crippen LogP contribution in [-0.2, 0) is 11.3 Å².